The minimum absolute atomic E-state index is 0.194. The molecule has 0 spiro atoms. The van der Waals surface area contributed by atoms with Crippen molar-refractivity contribution < 1.29 is 14.7 Å². The molecule has 6 heteroatoms. The van der Waals surface area contributed by atoms with Gasteiger partial charge in [0.1, 0.15) is 0 Å². The topological polar surface area (TPSA) is 90.5 Å². The molecule has 18 heavy (non-hydrogen) atoms. The lowest BCUT2D eigenvalue weighted by molar-refractivity contribution is -0.141. The third kappa shape index (κ3) is 5.35. The molecular weight excluding hydrogens is 234 g/mol. The number of carboxylic acid groups (broad SMARTS) is 1. The van der Waals surface area contributed by atoms with Crippen molar-refractivity contribution >= 4 is 12.0 Å². The van der Waals surface area contributed by atoms with E-state index in [1.807, 2.05) is 6.92 Å². The fourth-order valence-electron chi connectivity index (χ4n) is 2.08. The van der Waals surface area contributed by atoms with E-state index in [9.17, 15) is 9.59 Å². The van der Waals surface area contributed by atoms with Gasteiger partial charge in [-0.15, -0.1) is 0 Å². The number of piperidine rings is 1. The Bertz CT molecular complexity index is 278. The second-order valence-corrected chi connectivity index (χ2v) is 4.70. The maximum absolute atomic E-state index is 11.6. The largest absolute Gasteiger partial charge is 0.481 e. The molecule has 0 bridgehead atoms. The van der Waals surface area contributed by atoms with E-state index in [0.717, 1.165) is 32.4 Å². The Morgan fingerprint density at radius 2 is 2.06 bits per heavy atom. The fourth-order valence-corrected chi connectivity index (χ4v) is 2.08. The summed E-state index contributed by atoms with van der Waals surface area (Å²) in [5.74, 6) is -1.34. The Balaban J connectivity index is 2.24. The number of urea groups is 1. The van der Waals surface area contributed by atoms with Crippen LogP contribution in [-0.2, 0) is 4.79 Å². The minimum atomic E-state index is -0.848. The first-order valence-electron chi connectivity index (χ1n) is 6.61. The predicted octanol–water partition coefficient (Wildman–Crippen LogP) is 0.539. The zero-order chi connectivity index (χ0) is 13.4. The van der Waals surface area contributed by atoms with Gasteiger partial charge >= 0.3 is 12.0 Å². The van der Waals surface area contributed by atoms with Crippen LogP contribution in [0.5, 0.6) is 0 Å². The van der Waals surface area contributed by atoms with Gasteiger partial charge in [-0.3, -0.25) is 4.79 Å². The van der Waals surface area contributed by atoms with E-state index in [1.54, 1.807) is 0 Å². The molecule has 4 N–H and O–H groups in total. The lowest BCUT2D eigenvalue weighted by Crippen LogP contribution is -2.48. The van der Waals surface area contributed by atoms with E-state index < -0.39 is 11.9 Å². The zero-order valence-corrected chi connectivity index (χ0v) is 10.9. The van der Waals surface area contributed by atoms with Crippen molar-refractivity contribution in [1.82, 2.24) is 16.0 Å². The lowest BCUT2D eigenvalue weighted by Gasteiger charge is -2.24. The standard InChI is InChI=1S/C12H23N3O3/c1-2-3-9(11(16)17)8-14-12(18)15-10-4-6-13-7-5-10/h9-10,13H,2-8H2,1H3,(H,16,17)(H2,14,15,18). The molecule has 1 aliphatic rings. The van der Waals surface area contributed by atoms with E-state index in [4.69, 9.17) is 5.11 Å². The predicted molar refractivity (Wildman–Crippen MR) is 68.5 cm³/mol. The number of rotatable bonds is 6. The monoisotopic (exact) mass is 257 g/mol. The van der Waals surface area contributed by atoms with E-state index in [0.29, 0.717) is 6.42 Å². The summed E-state index contributed by atoms with van der Waals surface area (Å²) < 4.78 is 0. The molecule has 6 nitrogen and oxygen atoms in total. The van der Waals surface area contributed by atoms with Gasteiger partial charge in [0, 0.05) is 12.6 Å². The Kier molecular flexibility index (Phi) is 6.49. The SMILES string of the molecule is CCCC(CNC(=O)NC1CCNCC1)C(=O)O. The van der Waals surface area contributed by atoms with Crippen LogP contribution in [0.2, 0.25) is 0 Å². The van der Waals surface area contributed by atoms with Crippen LogP contribution in [0, 0.1) is 5.92 Å². The Morgan fingerprint density at radius 3 is 2.61 bits per heavy atom. The first-order chi connectivity index (χ1) is 8.63. The summed E-state index contributed by atoms with van der Waals surface area (Å²) in [7, 11) is 0. The van der Waals surface area contributed by atoms with Gasteiger partial charge in [-0.2, -0.15) is 0 Å². The molecule has 104 valence electrons. The maximum Gasteiger partial charge on any atom is 0.315 e. The average Bonchev–Trinajstić information content (AvgIpc) is 2.35. The number of carbonyl (C=O) groups excluding carboxylic acids is 1. The Morgan fingerprint density at radius 1 is 1.39 bits per heavy atom. The first-order valence-corrected chi connectivity index (χ1v) is 6.61. The average molecular weight is 257 g/mol. The normalized spacial score (nSPS) is 18.1. The Hall–Kier alpha value is -1.30. The molecular formula is C12H23N3O3. The molecule has 1 rings (SSSR count). The molecule has 0 aromatic carbocycles. The minimum Gasteiger partial charge on any atom is -0.481 e. The van der Waals surface area contributed by atoms with Crippen LogP contribution in [0.25, 0.3) is 0 Å². The van der Waals surface area contributed by atoms with Crippen molar-refractivity contribution in [3.63, 3.8) is 0 Å². The van der Waals surface area contributed by atoms with Crippen molar-refractivity contribution in [2.75, 3.05) is 19.6 Å². The number of carbonyl (C=O) groups is 2. The molecule has 1 saturated heterocycles. The second-order valence-electron chi connectivity index (χ2n) is 4.70. The highest BCUT2D eigenvalue weighted by atomic mass is 16.4. The summed E-state index contributed by atoms with van der Waals surface area (Å²) in [5.41, 5.74) is 0. The van der Waals surface area contributed by atoms with Crippen LogP contribution in [0.1, 0.15) is 32.6 Å². The van der Waals surface area contributed by atoms with Crippen molar-refractivity contribution in [3.05, 3.63) is 0 Å². The molecule has 1 fully saturated rings. The lowest BCUT2D eigenvalue weighted by atomic mass is 10.0. The number of aliphatic carboxylic acids is 1. The summed E-state index contributed by atoms with van der Waals surface area (Å²) in [6.07, 6.45) is 3.23. The van der Waals surface area contributed by atoms with Crippen molar-refractivity contribution in [3.8, 4) is 0 Å². The zero-order valence-electron chi connectivity index (χ0n) is 10.9. The molecule has 1 heterocycles. The van der Waals surface area contributed by atoms with Gasteiger partial charge in [-0.25, -0.2) is 4.79 Å². The molecule has 0 aliphatic carbocycles. The van der Waals surface area contributed by atoms with Crippen LogP contribution < -0.4 is 16.0 Å². The fraction of sp³-hybridized carbons (Fsp3) is 0.833. The van der Waals surface area contributed by atoms with Crippen molar-refractivity contribution in [1.29, 1.82) is 0 Å². The smallest absolute Gasteiger partial charge is 0.315 e. The summed E-state index contributed by atoms with van der Waals surface area (Å²) >= 11 is 0. The second kappa shape index (κ2) is 7.92. The highest BCUT2D eigenvalue weighted by molar-refractivity contribution is 5.76. The van der Waals surface area contributed by atoms with E-state index in [2.05, 4.69) is 16.0 Å². The summed E-state index contributed by atoms with van der Waals surface area (Å²) in [4.78, 5) is 22.5. The van der Waals surface area contributed by atoms with Crippen LogP contribution in [0.3, 0.4) is 0 Å². The highest BCUT2D eigenvalue weighted by Gasteiger charge is 2.19. The van der Waals surface area contributed by atoms with Gasteiger partial charge in [-0.05, 0) is 32.4 Å². The molecule has 1 aliphatic heterocycles. The molecule has 0 aromatic rings. The van der Waals surface area contributed by atoms with Gasteiger partial charge < -0.3 is 21.1 Å². The molecule has 1 atom stereocenters. The van der Waals surface area contributed by atoms with E-state index >= 15 is 0 Å². The van der Waals surface area contributed by atoms with Crippen LogP contribution in [0.4, 0.5) is 4.79 Å². The van der Waals surface area contributed by atoms with Gasteiger partial charge in [0.15, 0.2) is 0 Å². The molecule has 0 aromatic heterocycles. The number of nitrogens with one attached hydrogen (secondary N) is 3. The van der Waals surface area contributed by atoms with Gasteiger partial charge in [0.05, 0.1) is 5.92 Å². The van der Waals surface area contributed by atoms with Crippen LogP contribution in [0.15, 0.2) is 0 Å². The summed E-state index contributed by atoms with van der Waals surface area (Å²) in [5, 5.41) is 17.7. The summed E-state index contributed by atoms with van der Waals surface area (Å²) in [6.45, 7) is 3.96. The highest BCUT2D eigenvalue weighted by Crippen LogP contribution is 2.05. The third-order valence-corrected chi connectivity index (χ3v) is 3.17. The number of hydrogen-bond acceptors (Lipinski definition) is 3. The van der Waals surface area contributed by atoms with Crippen molar-refractivity contribution in [2.45, 2.75) is 38.6 Å². The molecule has 2 amide bonds. The maximum atomic E-state index is 11.6. The summed E-state index contributed by atoms with van der Waals surface area (Å²) in [6, 6.07) is -0.0649. The molecule has 0 saturated carbocycles. The quantitative estimate of drug-likeness (QED) is 0.559. The Labute approximate surface area is 108 Å². The third-order valence-electron chi connectivity index (χ3n) is 3.17. The number of carboxylic acids is 1. The van der Waals surface area contributed by atoms with Crippen molar-refractivity contribution in [2.24, 2.45) is 5.92 Å². The number of hydrogen-bond donors (Lipinski definition) is 4. The van der Waals surface area contributed by atoms with Crippen LogP contribution in [-0.4, -0.2) is 42.8 Å². The van der Waals surface area contributed by atoms with Crippen LogP contribution >= 0.6 is 0 Å². The number of amides is 2. The van der Waals surface area contributed by atoms with Gasteiger partial charge in [0.25, 0.3) is 0 Å². The molecule has 1 unspecified atom stereocenters. The molecule has 0 radical (unpaired) electrons. The van der Waals surface area contributed by atoms with E-state index in [1.165, 1.54) is 0 Å². The van der Waals surface area contributed by atoms with Gasteiger partial charge in [0.2, 0.25) is 0 Å². The first kappa shape index (κ1) is 14.8. The van der Waals surface area contributed by atoms with Gasteiger partial charge in [-0.1, -0.05) is 13.3 Å². The van der Waals surface area contributed by atoms with E-state index in [-0.39, 0.29) is 18.6 Å².